The number of pyridine rings is 1. The van der Waals surface area contributed by atoms with E-state index in [-0.39, 0.29) is 9.92 Å². The third-order valence-corrected chi connectivity index (χ3v) is 6.25. The molecule has 128 valence electrons. The summed E-state index contributed by atoms with van der Waals surface area (Å²) in [7, 11) is -3.56. The van der Waals surface area contributed by atoms with Crippen LogP contribution in [0.15, 0.2) is 53.7 Å². The molecule has 7 heteroatoms. The Balaban J connectivity index is 1.54. The van der Waals surface area contributed by atoms with Gasteiger partial charge in [-0.1, -0.05) is 23.7 Å². The highest BCUT2D eigenvalue weighted by atomic mass is 35.5. The minimum Gasteiger partial charge on any atom is -0.371 e. The number of benzene rings is 1. The SMILES string of the molecule is O=S(=O)(NCC1CCN(c2ccncc2)CC1)c1ccccc1Cl. The molecule has 24 heavy (non-hydrogen) atoms. The number of anilines is 1. The maximum atomic E-state index is 12.4. The summed E-state index contributed by atoms with van der Waals surface area (Å²) >= 11 is 5.99. The highest BCUT2D eigenvalue weighted by Gasteiger charge is 2.23. The van der Waals surface area contributed by atoms with Crippen LogP contribution >= 0.6 is 11.6 Å². The zero-order valence-electron chi connectivity index (χ0n) is 13.2. The first-order valence-electron chi connectivity index (χ1n) is 7.95. The van der Waals surface area contributed by atoms with Gasteiger partial charge in [-0.2, -0.15) is 0 Å². The molecule has 2 heterocycles. The summed E-state index contributed by atoms with van der Waals surface area (Å²) in [6, 6.07) is 10.5. The molecule has 0 atom stereocenters. The number of sulfonamides is 1. The molecule has 0 aliphatic carbocycles. The number of nitrogens with one attached hydrogen (secondary N) is 1. The molecule has 0 spiro atoms. The summed E-state index contributed by atoms with van der Waals surface area (Å²) in [5.41, 5.74) is 1.17. The highest BCUT2D eigenvalue weighted by Crippen LogP contribution is 2.24. The van der Waals surface area contributed by atoms with E-state index in [0.717, 1.165) is 25.9 Å². The van der Waals surface area contributed by atoms with Gasteiger partial charge in [0.2, 0.25) is 10.0 Å². The molecule has 1 aromatic heterocycles. The lowest BCUT2D eigenvalue weighted by Gasteiger charge is -2.33. The molecule has 2 aromatic rings. The second kappa shape index (κ2) is 7.51. The molecule has 3 rings (SSSR count). The van der Waals surface area contributed by atoms with E-state index < -0.39 is 10.0 Å². The normalized spacial score (nSPS) is 16.3. The van der Waals surface area contributed by atoms with E-state index in [1.807, 2.05) is 12.1 Å². The smallest absolute Gasteiger partial charge is 0.242 e. The Bertz CT molecular complexity index is 775. The van der Waals surface area contributed by atoms with E-state index in [1.165, 1.54) is 11.8 Å². The maximum Gasteiger partial charge on any atom is 0.242 e. The molecular weight excluding hydrogens is 346 g/mol. The quantitative estimate of drug-likeness (QED) is 0.884. The number of hydrogen-bond acceptors (Lipinski definition) is 4. The van der Waals surface area contributed by atoms with Crippen molar-refractivity contribution in [1.29, 1.82) is 0 Å². The molecular formula is C17H20ClN3O2S. The van der Waals surface area contributed by atoms with Crippen LogP contribution in [0.25, 0.3) is 0 Å². The molecule has 0 amide bonds. The fourth-order valence-corrected chi connectivity index (χ4v) is 4.55. The fraction of sp³-hybridized carbons (Fsp3) is 0.353. The lowest BCUT2D eigenvalue weighted by atomic mass is 9.97. The summed E-state index contributed by atoms with van der Waals surface area (Å²) in [6.07, 6.45) is 5.49. The minimum atomic E-state index is -3.56. The first-order valence-corrected chi connectivity index (χ1v) is 9.81. The summed E-state index contributed by atoms with van der Waals surface area (Å²) in [5, 5.41) is 0.248. The first kappa shape index (κ1) is 17.2. The van der Waals surface area contributed by atoms with Crippen molar-refractivity contribution in [2.45, 2.75) is 17.7 Å². The third kappa shape index (κ3) is 4.06. The van der Waals surface area contributed by atoms with Crippen LogP contribution in [0.3, 0.4) is 0 Å². The van der Waals surface area contributed by atoms with Crippen LogP contribution in [-0.2, 0) is 10.0 Å². The second-order valence-electron chi connectivity index (χ2n) is 5.92. The lowest BCUT2D eigenvalue weighted by molar-refractivity contribution is 0.402. The van der Waals surface area contributed by atoms with Gasteiger partial charge >= 0.3 is 0 Å². The number of nitrogens with zero attached hydrogens (tertiary/aromatic N) is 2. The number of hydrogen-bond donors (Lipinski definition) is 1. The van der Waals surface area contributed by atoms with E-state index in [2.05, 4.69) is 14.6 Å². The van der Waals surface area contributed by atoms with E-state index >= 15 is 0 Å². The Morgan fingerprint density at radius 3 is 2.46 bits per heavy atom. The minimum absolute atomic E-state index is 0.140. The van der Waals surface area contributed by atoms with Gasteiger partial charge in [0.1, 0.15) is 4.90 Å². The topological polar surface area (TPSA) is 62.3 Å². The Morgan fingerprint density at radius 1 is 1.12 bits per heavy atom. The van der Waals surface area contributed by atoms with Crippen molar-refractivity contribution < 1.29 is 8.42 Å². The molecule has 1 aliphatic rings. The molecule has 1 fully saturated rings. The standard InChI is InChI=1S/C17H20ClN3O2S/c18-16-3-1-2-4-17(16)24(22,23)20-13-14-7-11-21(12-8-14)15-5-9-19-10-6-15/h1-6,9-10,14,20H,7-8,11-13H2. The Labute approximate surface area is 147 Å². The molecule has 1 saturated heterocycles. The van der Waals surface area contributed by atoms with Crippen LogP contribution in [0.4, 0.5) is 5.69 Å². The zero-order chi connectivity index (χ0) is 17.0. The second-order valence-corrected chi connectivity index (χ2v) is 8.06. The molecule has 1 aromatic carbocycles. The van der Waals surface area contributed by atoms with Crippen LogP contribution < -0.4 is 9.62 Å². The van der Waals surface area contributed by atoms with Gasteiger partial charge in [-0.05, 0) is 43.0 Å². The average Bonchev–Trinajstić information content (AvgIpc) is 2.61. The number of rotatable bonds is 5. The summed E-state index contributed by atoms with van der Waals surface area (Å²) in [5.74, 6) is 0.334. The van der Waals surface area contributed by atoms with E-state index in [9.17, 15) is 8.42 Å². The fourth-order valence-electron chi connectivity index (χ4n) is 2.92. The average molecular weight is 366 g/mol. The molecule has 0 radical (unpaired) electrons. The summed E-state index contributed by atoms with van der Waals surface area (Å²) in [4.78, 5) is 6.48. The van der Waals surface area contributed by atoms with Crippen molar-refractivity contribution in [3.63, 3.8) is 0 Å². The van der Waals surface area contributed by atoms with Gasteiger partial charge < -0.3 is 4.90 Å². The highest BCUT2D eigenvalue weighted by molar-refractivity contribution is 7.89. The molecule has 1 aliphatic heterocycles. The van der Waals surface area contributed by atoms with E-state index in [4.69, 9.17) is 11.6 Å². The van der Waals surface area contributed by atoms with Gasteiger partial charge in [0, 0.05) is 37.7 Å². The molecule has 0 unspecified atom stereocenters. The predicted octanol–water partition coefficient (Wildman–Crippen LogP) is 2.93. The van der Waals surface area contributed by atoms with Gasteiger partial charge in [-0.3, -0.25) is 4.98 Å². The van der Waals surface area contributed by atoms with E-state index in [0.29, 0.717) is 12.5 Å². The Morgan fingerprint density at radius 2 is 1.79 bits per heavy atom. The summed E-state index contributed by atoms with van der Waals surface area (Å²) in [6.45, 7) is 2.28. The third-order valence-electron chi connectivity index (χ3n) is 4.33. The first-order chi connectivity index (χ1) is 11.6. The molecule has 0 bridgehead atoms. The molecule has 5 nitrogen and oxygen atoms in total. The van der Waals surface area contributed by atoms with Gasteiger partial charge in [-0.25, -0.2) is 13.1 Å². The van der Waals surface area contributed by atoms with Crippen molar-refractivity contribution in [3.8, 4) is 0 Å². The largest absolute Gasteiger partial charge is 0.371 e. The molecule has 0 saturated carbocycles. The molecule has 1 N–H and O–H groups in total. The van der Waals surface area contributed by atoms with Crippen molar-refractivity contribution in [1.82, 2.24) is 9.71 Å². The number of aromatic nitrogens is 1. The van der Waals surface area contributed by atoms with Gasteiger partial charge in [0.05, 0.1) is 5.02 Å². The number of halogens is 1. The lowest BCUT2D eigenvalue weighted by Crippen LogP contribution is -2.38. The van der Waals surface area contributed by atoms with E-state index in [1.54, 1.807) is 30.6 Å². The van der Waals surface area contributed by atoms with Crippen LogP contribution in [0, 0.1) is 5.92 Å². The van der Waals surface area contributed by atoms with Gasteiger partial charge in [0.15, 0.2) is 0 Å². The van der Waals surface area contributed by atoms with Crippen LogP contribution in [0.1, 0.15) is 12.8 Å². The number of piperidine rings is 1. The zero-order valence-corrected chi connectivity index (χ0v) is 14.8. The van der Waals surface area contributed by atoms with Crippen molar-refractivity contribution >= 4 is 27.3 Å². The monoisotopic (exact) mass is 365 g/mol. The predicted molar refractivity (Wildman–Crippen MR) is 95.8 cm³/mol. The summed E-state index contributed by atoms with van der Waals surface area (Å²) < 4.78 is 27.4. The van der Waals surface area contributed by atoms with Crippen molar-refractivity contribution in [2.75, 3.05) is 24.5 Å². The Hall–Kier alpha value is -1.63. The van der Waals surface area contributed by atoms with Gasteiger partial charge in [-0.15, -0.1) is 0 Å². The Kier molecular flexibility index (Phi) is 5.38. The van der Waals surface area contributed by atoms with Gasteiger partial charge in [0.25, 0.3) is 0 Å². The van der Waals surface area contributed by atoms with Crippen LogP contribution in [0.5, 0.6) is 0 Å². The van der Waals surface area contributed by atoms with Crippen LogP contribution in [-0.4, -0.2) is 33.0 Å². The van der Waals surface area contributed by atoms with Crippen molar-refractivity contribution in [3.05, 3.63) is 53.8 Å². The maximum absolute atomic E-state index is 12.4. The van der Waals surface area contributed by atoms with Crippen molar-refractivity contribution in [2.24, 2.45) is 5.92 Å². The van der Waals surface area contributed by atoms with Crippen LogP contribution in [0.2, 0.25) is 5.02 Å².